The molecule has 62 valence electrons. The van der Waals surface area contributed by atoms with Crippen molar-refractivity contribution in [3.63, 3.8) is 0 Å². The van der Waals surface area contributed by atoms with Gasteiger partial charge in [0.25, 0.3) is 0 Å². The molecule has 0 saturated carbocycles. The normalized spacial score (nSPS) is 11.0. The summed E-state index contributed by atoms with van der Waals surface area (Å²) in [6.07, 6.45) is -0.381. The third-order valence-electron chi connectivity index (χ3n) is 0.681. The quantitative estimate of drug-likeness (QED) is 0.472. The fourth-order valence-corrected chi connectivity index (χ4v) is 0.244. The lowest BCUT2D eigenvalue weighted by atomic mass is 10.6. The number of rotatable bonds is 3. The predicted molar refractivity (Wildman–Crippen MR) is 31.5 cm³/mol. The number of carbonyl (C=O) groups is 1. The second kappa shape index (κ2) is 4.54. The summed E-state index contributed by atoms with van der Waals surface area (Å²) >= 11 is 0. The van der Waals surface area contributed by atoms with Crippen molar-refractivity contribution in [2.75, 3.05) is 6.61 Å². The van der Waals surface area contributed by atoms with Gasteiger partial charge in [-0.1, -0.05) is 6.58 Å². The molecule has 11 heavy (non-hydrogen) atoms. The lowest BCUT2D eigenvalue weighted by molar-refractivity contribution is -0.140. The van der Waals surface area contributed by atoms with Crippen LogP contribution in [0.25, 0.3) is 0 Å². The topological polar surface area (TPSA) is 26.3 Å². The van der Waals surface area contributed by atoms with Crippen LogP contribution in [0.4, 0.5) is 13.2 Å². The molecule has 0 bridgehead atoms. The standard InChI is InChI=1S/C6H5F3O2/c1-4(8)6(10)11-3-5(9)2-7/h2H,1,3H2/b5-2+. The molecular weight excluding hydrogens is 161 g/mol. The molecule has 0 N–H and O–H groups in total. The Labute approximate surface area is 61.0 Å². The predicted octanol–water partition coefficient (Wildman–Crippen LogP) is 1.79. The van der Waals surface area contributed by atoms with E-state index in [4.69, 9.17) is 0 Å². The zero-order valence-electron chi connectivity index (χ0n) is 5.44. The van der Waals surface area contributed by atoms with Crippen molar-refractivity contribution in [2.24, 2.45) is 0 Å². The molecule has 5 heteroatoms. The summed E-state index contributed by atoms with van der Waals surface area (Å²) in [6.45, 7) is 1.66. The first-order valence-corrected chi connectivity index (χ1v) is 2.54. The number of hydrogen-bond donors (Lipinski definition) is 0. The highest BCUT2D eigenvalue weighted by Crippen LogP contribution is 2.01. The summed E-state index contributed by atoms with van der Waals surface area (Å²) in [5.41, 5.74) is 0. The molecule has 0 radical (unpaired) electrons. The molecule has 2 nitrogen and oxygen atoms in total. The van der Waals surface area contributed by atoms with E-state index < -0.39 is 24.2 Å². The first-order chi connectivity index (χ1) is 5.07. The van der Waals surface area contributed by atoms with E-state index in [9.17, 15) is 18.0 Å². The van der Waals surface area contributed by atoms with E-state index in [1.165, 1.54) is 0 Å². The average molecular weight is 166 g/mol. The van der Waals surface area contributed by atoms with Gasteiger partial charge in [0.2, 0.25) is 5.83 Å². The first-order valence-electron chi connectivity index (χ1n) is 2.54. The van der Waals surface area contributed by atoms with Crippen LogP contribution in [0.15, 0.2) is 24.6 Å². The van der Waals surface area contributed by atoms with Crippen LogP contribution in [0.5, 0.6) is 0 Å². The number of halogens is 3. The van der Waals surface area contributed by atoms with E-state index in [-0.39, 0.29) is 6.33 Å². The van der Waals surface area contributed by atoms with E-state index in [2.05, 4.69) is 11.3 Å². The summed E-state index contributed by atoms with van der Waals surface area (Å²) in [6, 6.07) is 0. The van der Waals surface area contributed by atoms with Crippen molar-refractivity contribution in [2.45, 2.75) is 0 Å². The maximum atomic E-state index is 11.8. The fourth-order valence-electron chi connectivity index (χ4n) is 0.244. The zero-order valence-corrected chi connectivity index (χ0v) is 5.44. The van der Waals surface area contributed by atoms with Gasteiger partial charge >= 0.3 is 5.97 Å². The number of hydrogen-bond acceptors (Lipinski definition) is 2. The molecule has 0 unspecified atom stereocenters. The largest absolute Gasteiger partial charge is 0.453 e. The van der Waals surface area contributed by atoms with E-state index >= 15 is 0 Å². The maximum Gasteiger partial charge on any atom is 0.366 e. The molecule has 0 atom stereocenters. The molecule has 0 aliphatic heterocycles. The molecule has 0 heterocycles. The van der Waals surface area contributed by atoms with Crippen molar-refractivity contribution in [1.82, 2.24) is 0 Å². The van der Waals surface area contributed by atoms with Crippen LogP contribution in [0.1, 0.15) is 0 Å². The van der Waals surface area contributed by atoms with Crippen molar-refractivity contribution in [3.05, 3.63) is 24.6 Å². The number of esters is 1. The Morgan fingerprint density at radius 2 is 2.09 bits per heavy atom. The first kappa shape index (κ1) is 9.74. The average Bonchev–Trinajstić information content (AvgIpc) is 1.99. The van der Waals surface area contributed by atoms with E-state index in [1.807, 2.05) is 0 Å². The molecule has 0 aliphatic carbocycles. The van der Waals surface area contributed by atoms with Crippen LogP contribution >= 0.6 is 0 Å². The Morgan fingerprint density at radius 3 is 2.45 bits per heavy atom. The molecule has 0 spiro atoms. The van der Waals surface area contributed by atoms with Crippen LogP contribution in [0, 0.1) is 0 Å². The summed E-state index contributed by atoms with van der Waals surface area (Å²) in [5, 5.41) is 0. The number of ether oxygens (including phenoxy) is 1. The minimum atomic E-state index is -1.40. The monoisotopic (exact) mass is 166 g/mol. The molecule has 0 aromatic carbocycles. The van der Waals surface area contributed by atoms with Gasteiger partial charge < -0.3 is 4.74 Å². The summed E-state index contributed by atoms with van der Waals surface area (Å²) in [7, 11) is 0. The third-order valence-corrected chi connectivity index (χ3v) is 0.681. The van der Waals surface area contributed by atoms with Gasteiger partial charge in [0.05, 0.1) is 0 Å². The summed E-state index contributed by atoms with van der Waals surface area (Å²) < 4.78 is 38.6. The van der Waals surface area contributed by atoms with Crippen molar-refractivity contribution in [3.8, 4) is 0 Å². The summed E-state index contributed by atoms with van der Waals surface area (Å²) in [4.78, 5) is 10.2. The van der Waals surface area contributed by atoms with Gasteiger partial charge in [-0.3, -0.25) is 0 Å². The second-order valence-electron chi connectivity index (χ2n) is 1.54. The second-order valence-corrected chi connectivity index (χ2v) is 1.54. The Morgan fingerprint density at radius 1 is 1.55 bits per heavy atom. The van der Waals surface area contributed by atoms with E-state index in [1.54, 1.807) is 0 Å². The van der Waals surface area contributed by atoms with Crippen LogP contribution in [-0.4, -0.2) is 12.6 Å². The molecule has 0 rings (SSSR count). The highest BCUT2D eigenvalue weighted by Gasteiger charge is 2.07. The molecule has 0 aliphatic rings. The highest BCUT2D eigenvalue weighted by molar-refractivity contribution is 5.85. The van der Waals surface area contributed by atoms with Crippen LogP contribution in [-0.2, 0) is 9.53 Å². The third kappa shape index (κ3) is 4.19. The van der Waals surface area contributed by atoms with E-state index in [0.717, 1.165) is 0 Å². The van der Waals surface area contributed by atoms with E-state index in [0.29, 0.717) is 0 Å². The molecule has 0 amide bonds. The molecule has 0 aromatic heterocycles. The van der Waals surface area contributed by atoms with Crippen molar-refractivity contribution in [1.29, 1.82) is 0 Å². The molecule has 0 saturated heterocycles. The van der Waals surface area contributed by atoms with Gasteiger partial charge in [-0.25, -0.2) is 13.6 Å². The Hall–Kier alpha value is -1.26. The zero-order chi connectivity index (χ0) is 8.85. The lowest BCUT2D eigenvalue weighted by Crippen LogP contribution is -2.05. The molecular formula is C6H5F3O2. The van der Waals surface area contributed by atoms with Gasteiger partial charge in [-0.15, -0.1) is 0 Å². The smallest absolute Gasteiger partial charge is 0.366 e. The Bertz CT molecular complexity index is 198. The highest BCUT2D eigenvalue weighted by atomic mass is 19.2. The molecule has 0 aromatic rings. The Kier molecular flexibility index (Phi) is 4.02. The van der Waals surface area contributed by atoms with Gasteiger partial charge in [-0.05, 0) is 0 Å². The van der Waals surface area contributed by atoms with Crippen molar-refractivity contribution < 1.29 is 22.7 Å². The maximum absolute atomic E-state index is 11.8. The Balaban J connectivity index is 3.72. The lowest BCUT2D eigenvalue weighted by Gasteiger charge is -1.97. The van der Waals surface area contributed by atoms with Gasteiger partial charge in [0.15, 0.2) is 5.83 Å². The number of carbonyl (C=O) groups excluding carboxylic acids is 1. The van der Waals surface area contributed by atoms with Crippen molar-refractivity contribution >= 4 is 5.97 Å². The summed E-state index contributed by atoms with van der Waals surface area (Å²) in [5.74, 6) is -4.04. The van der Waals surface area contributed by atoms with Gasteiger partial charge in [0.1, 0.15) is 12.9 Å². The van der Waals surface area contributed by atoms with Crippen LogP contribution in [0.2, 0.25) is 0 Å². The SMILES string of the molecule is C=C(F)C(=O)OC/C(F)=C\F. The minimum absolute atomic E-state index is 0.381. The fraction of sp³-hybridized carbons (Fsp3) is 0.167. The van der Waals surface area contributed by atoms with Gasteiger partial charge in [-0.2, -0.15) is 4.39 Å². The van der Waals surface area contributed by atoms with Crippen LogP contribution in [0.3, 0.4) is 0 Å². The molecule has 0 fully saturated rings. The van der Waals surface area contributed by atoms with Crippen LogP contribution < -0.4 is 0 Å². The minimum Gasteiger partial charge on any atom is -0.453 e. The van der Waals surface area contributed by atoms with Gasteiger partial charge in [0, 0.05) is 0 Å².